The first-order chi connectivity index (χ1) is 12.5. The summed E-state index contributed by atoms with van der Waals surface area (Å²) in [5.41, 5.74) is 1.86. The fraction of sp³-hybridized carbons (Fsp3) is 0.350. The van der Waals surface area contributed by atoms with Crippen LogP contribution >= 0.6 is 23.2 Å². The lowest BCUT2D eigenvalue weighted by atomic mass is 9.96. The summed E-state index contributed by atoms with van der Waals surface area (Å²) < 4.78 is 10.5. The minimum absolute atomic E-state index is 0.00620. The van der Waals surface area contributed by atoms with Crippen molar-refractivity contribution in [2.45, 2.75) is 26.3 Å². The molecule has 0 aliphatic carbocycles. The maximum atomic E-state index is 12.6. The van der Waals surface area contributed by atoms with Crippen LogP contribution in [-0.2, 0) is 17.8 Å². The zero-order valence-electron chi connectivity index (χ0n) is 15.1. The second-order valence-electron chi connectivity index (χ2n) is 5.95. The second-order valence-corrected chi connectivity index (χ2v) is 6.80. The van der Waals surface area contributed by atoms with E-state index in [-0.39, 0.29) is 11.8 Å². The van der Waals surface area contributed by atoms with Crippen LogP contribution in [0, 0.1) is 5.92 Å². The van der Waals surface area contributed by atoms with Crippen molar-refractivity contribution in [1.29, 1.82) is 0 Å². The highest BCUT2D eigenvalue weighted by atomic mass is 35.5. The van der Waals surface area contributed by atoms with Crippen molar-refractivity contribution in [3.8, 4) is 11.5 Å². The Bertz CT molecular complexity index is 765. The Morgan fingerprint density at radius 1 is 1.08 bits per heavy atom. The Morgan fingerprint density at radius 3 is 2.42 bits per heavy atom. The lowest BCUT2D eigenvalue weighted by Gasteiger charge is -2.16. The Labute approximate surface area is 164 Å². The van der Waals surface area contributed by atoms with Crippen LogP contribution in [0.15, 0.2) is 36.4 Å². The number of rotatable bonds is 8. The van der Waals surface area contributed by atoms with E-state index in [0.717, 1.165) is 17.5 Å². The standard InChI is InChI=1S/C20H23Cl2NO3/c1-4-14(10-15-6-7-16(21)11-17(15)22)20(24)23-12-13-5-8-18(25-2)19(9-13)26-3/h5-9,11,14H,4,10,12H2,1-3H3,(H,23,24). The SMILES string of the molecule is CCC(Cc1ccc(Cl)cc1Cl)C(=O)NCc1ccc(OC)c(OC)c1. The summed E-state index contributed by atoms with van der Waals surface area (Å²) >= 11 is 12.2. The molecule has 1 amide bonds. The van der Waals surface area contributed by atoms with Crippen LogP contribution in [0.1, 0.15) is 24.5 Å². The van der Waals surface area contributed by atoms with Crippen LogP contribution in [0.4, 0.5) is 0 Å². The third kappa shape index (κ3) is 5.29. The molecule has 1 unspecified atom stereocenters. The number of halogens is 2. The molecule has 0 spiro atoms. The predicted octanol–water partition coefficient (Wildman–Crippen LogP) is 4.90. The summed E-state index contributed by atoms with van der Waals surface area (Å²) in [6.07, 6.45) is 1.29. The molecule has 0 fully saturated rings. The normalized spacial score (nSPS) is 11.7. The fourth-order valence-corrected chi connectivity index (χ4v) is 3.18. The van der Waals surface area contributed by atoms with Crippen LogP contribution in [0.3, 0.4) is 0 Å². The number of benzene rings is 2. The third-order valence-corrected chi connectivity index (χ3v) is 4.85. The van der Waals surface area contributed by atoms with Gasteiger partial charge >= 0.3 is 0 Å². The van der Waals surface area contributed by atoms with Gasteiger partial charge in [0.05, 0.1) is 14.2 Å². The van der Waals surface area contributed by atoms with Gasteiger partial charge in [-0.2, -0.15) is 0 Å². The molecule has 0 aromatic heterocycles. The highest BCUT2D eigenvalue weighted by molar-refractivity contribution is 6.35. The largest absolute Gasteiger partial charge is 0.493 e. The zero-order chi connectivity index (χ0) is 19.1. The molecule has 0 bridgehead atoms. The molecule has 6 heteroatoms. The van der Waals surface area contributed by atoms with Crippen LogP contribution in [-0.4, -0.2) is 20.1 Å². The first-order valence-corrected chi connectivity index (χ1v) is 9.16. The van der Waals surface area contributed by atoms with Crippen molar-refractivity contribution in [2.75, 3.05) is 14.2 Å². The van der Waals surface area contributed by atoms with E-state index in [0.29, 0.717) is 34.5 Å². The lowest BCUT2D eigenvalue weighted by Crippen LogP contribution is -2.31. The summed E-state index contributed by atoms with van der Waals surface area (Å²) in [4.78, 5) is 12.6. The number of hydrogen-bond donors (Lipinski definition) is 1. The van der Waals surface area contributed by atoms with E-state index in [2.05, 4.69) is 5.32 Å². The summed E-state index contributed by atoms with van der Waals surface area (Å²) in [6, 6.07) is 10.9. The number of nitrogens with one attached hydrogen (secondary N) is 1. The summed E-state index contributed by atoms with van der Waals surface area (Å²) in [7, 11) is 3.18. The van der Waals surface area contributed by atoms with Gasteiger partial charge in [0.2, 0.25) is 5.91 Å². The first kappa shape index (κ1) is 20.4. The van der Waals surface area contributed by atoms with Gasteiger partial charge in [-0.05, 0) is 48.2 Å². The number of amides is 1. The molecule has 0 radical (unpaired) electrons. The monoisotopic (exact) mass is 395 g/mol. The van der Waals surface area contributed by atoms with Gasteiger partial charge in [0.25, 0.3) is 0 Å². The second kappa shape index (κ2) is 9.70. The Hall–Kier alpha value is -1.91. The summed E-state index contributed by atoms with van der Waals surface area (Å²) in [5.74, 6) is 1.13. The van der Waals surface area contributed by atoms with E-state index in [4.69, 9.17) is 32.7 Å². The Morgan fingerprint density at radius 2 is 1.81 bits per heavy atom. The molecular formula is C20H23Cl2NO3. The topological polar surface area (TPSA) is 47.6 Å². The average Bonchev–Trinajstić information content (AvgIpc) is 2.65. The van der Waals surface area contributed by atoms with E-state index < -0.39 is 0 Å². The zero-order valence-corrected chi connectivity index (χ0v) is 16.7. The molecule has 1 N–H and O–H groups in total. The number of methoxy groups -OCH3 is 2. The van der Waals surface area contributed by atoms with Crippen molar-refractivity contribution in [1.82, 2.24) is 5.32 Å². The molecule has 0 saturated carbocycles. The third-order valence-electron chi connectivity index (χ3n) is 4.26. The van der Waals surface area contributed by atoms with Crippen LogP contribution in [0.2, 0.25) is 10.0 Å². The molecule has 26 heavy (non-hydrogen) atoms. The molecule has 2 aromatic rings. The van der Waals surface area contributed by atoms with Crippen LogP contribution < -0.4 is 14.8 Å². The molecule has 2 aromatic carbocycles. The maximum absolute atomic E-state index is 12.6. The van der Waals surface area contributed by atoms with Gasteiger partial charge in [-0.15, -0.1) is 0 Å². The van der Waals surface area contributed by atoms with Crippen molar-refractivity contribution < 1.29 is 14.3 Å². The molecule has 0 aliphatic rings. The van der Waals surface area contributed by atoms with E-state index in [1.165, 1.54) is 0 Å². The summed E-state index contributed by atoms with van der Waals surface area (Å²) in [5, 5.41) is 4.16. The molecule has 2 rings (SSSR count). The smallest absolute Gasteiger partial charge is 0.223 e. The molecular weight excluding hydrogens is 373 g/mol. The Kier molecular flexibility index (Phi) is 7.61. The number of ether oxygens (including phenoxy) is 2. The number of carbonyl (C=O) groups is 1. The van der Waals surface area contributed by atoms with Gasteiger partial charge in [-0.3, -0.25) is 4.79 Å². The van der Waals surface area contributed by atoms with E-state index >= 15 is 0 Å². The van der Waals surface area contributed by atoms with E-state index in [1.54, 1.807) is 26.4 Å². The first-order valence-electron chi connectivity index (χ1n) is 8.41. The maximum Gasteiger partial charge on any atom is 0.223 e. The van der Waals surface area contributed by atoms with Crippen molar-refractivity contribution in [3.63, 3.8) is 0 Å². The lowest BCUT2D eigenvalue weighted by molar-refractivity contribution is -0.125. The van der Waals surface area contributed by atoms with Gasteiger partial charge < -0.3 is 14.8 Å². The van der Waals surface area contributed by atoms with Crippen LogP contribution in [0.5, 0.6) is 11.5 Å². The molecule has 4 nitrogen and oxygen atoms in total. The molecule has 140 valence electrons. The molecule has 0 saturated heterocycles. The molecule has 0 heterocycles. The molecule has 0 aliphatic heterocycles. The van der Waals surface area contributed by atoms with E-state index in [1.807, 2.05) is 31.2 Å². The summed E-state index contributed by atoms with van der Waals surface area (Å²) in [6.45, 7) is 2.41. The van der Waals surface area contributed by atoms with Gasteiger partial charge in [-0.25, -0.2) is 0 Å². The predicted molar refractivity (Wildman–Crippen MR) is 105 cm³/mol. The van der Waals surface area contributed by atoms with Crippen molar-refractivity contribution >= 4 is 29.1 Å². The van der Waals surface area contributed by atoms with Crippen molar-refractivity contribution in [3.05, 3.63) is 57.6 Å². The molecule has 1 atom stereocenters. The highest BCUT2D eigenvalue weighted by Gasteiger charge is 2.18. The van der Waals surface area contributed by atoms with Gasteiger partial charge in [0, 0.05) is 22.5 Å². The van der Waals surface area contributed by atoms with Crippen molar-refractivity contribution in [2.24, 2.45) is 5.92 Å². The average molecular weight is 396 g/mol. The minimum Gasteiger partial charge on any atom is -0.493 e. The van der Waals surface area contributed by atoms with Gasteiger partial charge in [-0.1, -0.05) is 42.3 Å². The fourth-order valence-electron chi connectivity index (χ4n) is 2.70. The number of hydrogen-bond acceptors (Lipinski definition) is 3. The van der Waals surface area contributed by atoms with Crippen LogP contribution in [0.25, 0.3) is 0 Å². The quantitative estimate of drug-likeness (QED) is 0.691. The minimum atomic E-state index is -0.159. The van der Waals surface area contributed by atoms with Gasteiger partial charge in [0.1, 0.15) is 0 Å². The van der Waals surface area contributed by atoms with E-state index in [9.17, 15) is 4.79 Å². The number of carbonyl (C=O) groups excluding carboxylic acids is 1. The highest BCUT2D eigenvalue weighted by Crippen LogP contribution is 2.28. The Balaban J connectivity index is 2.00. The van der Waals surface area contributed by atoms with Gasteiger partial charge in [0.15, 0.2) is 11.5 Å².